The van der Waals surface area contributed by atoms with Crippen molar-refractivity contribution in [1.29, 1.82) is 0 Å². The van der Waals surface area contributed by atoms with Crippen LogP contribution < -0.4 is 0 Å². The van der Waals surface area contributed by atoms with Gasteiger partial charge < -0.3 is 14.2 Å². The first kappa shape index (κ1) is 16.9. The number of ether oxygens (including phenoxy) is 4. The van der Waals surface area contributed by atoms with Crippen LogP contribution in [-0.2, 0) is 23.7 Å². The van der Waals surface area contributed by atoms with E-state index in [1.54, 1.807) is 6.92 Å². The molecule has 5 nitrogen and oxygen atoms in total. The molecule has 8 heteroatoms. The Morgan fingerprint density at radius 2 is 2.09 bits per heavy atom. The van der Waals surface area contributed by atoms with Gasteiger partial charge in [-0.2, -0.15) is 0 Å². The van der Waals surface area contributed by atoms with Crippen molar-refractivity contribution in [3.8, 4) is 0 Å². The standard InChI is InChI=1S/C15H19F3O5/c1-8-6-9(19)11(20-3)12(14(8)7-22-14)13(2)10(23-13)4-5-21-15(16,17)18/h6,10-12H,4-5,7H2,1-3H3/t10-,11-,12-,13+,14-/m1/s1. The Labute approximate surface area is 131 Å². The van der Waals surface area contributed by atoms with Crippen LogP contribution >= 0.6 is 0 Å². The summed E-state index contributed by atoms with van der Waals surface area (Å²) in [4.78, 5) is 12.2. The Morgan fingerprint density at radius 1 is 1.43 bits per heavy atom. The average Bonchev–Trinajstić information content (AvgIpc) is 3.32. The summed E-state index contributed by atoms with van der Waals surface area (Å²) in [6.45, 7) is 3.58. The summed E-state index contributed by atoms with van der Waals surface area (Å²) in [6.07, 6.45) is -4.19. The molecule has 0 unspecified atom stereocenters. The van der Waals surface area contributed by atoms with Gasteiger partial charge in [0.1, 0.15) is 17.3 Å². The van der Waals surface area contributed by atoms with Crippen molar-refractivity contribution in [1.82, 2.24) is 0 Å². The normalized spacial score (nSPS) is 42.8. The van der Waals surface area contributed by atoms with Gasteiger partial charge in [0, 0.05) is 13.5 Å². The van der Waals surface area contributed by atoms with Crippen molar-refractivity contribution in [3.63, 3.8) is 0 Å². The largest absolute Gasteiger partial charge is 0.522 e. The van der Waals surface area contributed by atoms with E-state index in [0.717, 1.165) is 5.57 Å². The number of hydrogen-bond acceptors (Lipinski definition) is 5. The molecule has 1 spiro atoms. The topological polar surface area (TPSA) is 60.6 Å². The van der Waals surface area contributed by atoms with E-state index in [1.165, 1.54) is 13.2 Å². The highest BCUT2D eigenvalue weighted by Gasteiger charge is 2.72. The number of carbonyl (C=O) groups excluding carboxylic acids is 1. The van der Waals surface area contributed by atoms with E-state index in [9.17, 15) is 18.0 Å². The lowest BCUT2D eigenvalue weighted by Crippen LogP contribution is -2.52. The zero-order chi connectivity index (χ0) is 17.0. The lowest BCUT2D eigenvalue weighted by molar-refractivity contribution is -0.324. The minimum Gasteiger partial charge on any atom is -0.373 e. The highest BCUT2D eigenvalue weighted by molar-refractivity contribution is 5.96. The minimum atomic E-state index is -4.65. The molecular weight excluding hydrogens is 317 g/mol. The highest BCUT2D eigenvalue weighted by Crippen LogP contribution is 2.59. The van der Waals surface area contributed by atoms with E-state index in [1.807, 2.05) is 6.92 Å². The maximum absolute atomic E-state index is 12.2. The Kier molecular flexibility index (Phi) is 3.87. The zero-order valence-electron chi connectivity index (χ0n) is 13.1. The molecule has 0 aromatic rings. The van der Waals surface area contributed by atoms with Crippen LogP contribution in [0.3, 0.4) is 0 Å². The molecule has 0 saturated carbocycles. The molecule has 5 atom stereocenters. The summed E-state index contributed by atoms with van der Waals surface area (Å²) in [6, 6.07) is 0. The molecule has 2 fully saturated rings. The zero-order valence-corrected chi connectivity index (χ0v) is 13.1. The highest BCUT2D eigenvalue weighted by atomic mass is 19.4. The lowest BCUT2D eigenvalue weighted by atomic mass is 9.69. The number of alkyl halides is 3. The number of methoxy groups -OCH3 is 1. The fraction of sp³-hybridized carbons (Fsp3) is 0.800. The molecule has 2 saturated heterocycles. The van der Waals surface area contributed by atoms with Crippen molar-refractivity contribution in [2.75, 3.05) is 20.3 Å². The summed E-state index contributed by atoms with van der Waals surface area (Å²) >= 11 is 0. The monoisotopic (exact) mass is 336 g/mol. The van der Waals surface area contributed by atoms with Gasteiger partial charge in [0.05, 0.1) is 25.2 Å². The van der Waals surface area contributed by atoms with Crippen LogP contribution in [0.15, 0.2) is 11.6 Å². The first-order valence-corrected chi connectivity index (χ1v) is 7.42. The van der Waals surface area contributed by atoms with Crippen LogP contribution in [0.1, 0.15) is 20.3 Å². The summed E-state index contributed by atoms with van der Waals surface area (Å²) in [5.41, 5.74) is -0.567. The molecule has 23 heavy (non-hydrogen) atoms. The Balaban J connectivity index is 1.73. The molecule has 1 aliphatic carbocycles. The third-order valence-electron chi connectivity index (χ3n) is 5.06. The average molecular weight is 336 g/mol. The smallest absolute Gasteiger partial charge is 0.373 e. The van der Waals surface area contributed by atoms with E-state index >= 15 is 0 Å². The maximum Gasteiger partial charge on any atom is 0.522 e. The third-order valence-corrected chi connectivity index (χ3v) is 5.06. The van der Waals surface area contributed by atoms with Crippen molar-refractivity contribution >= 4 is 5.78 Å². The van der Waals surface area contributed by atoms with Crippen molar-refractivity contribution in [2.45, 2.75) is 50.0 Å². The van der Waals surface area contributed by atoms with Crippen molar-refractivity contribution in [3.05, 3.63) is 11.6 Å². The first-order valence-electron chi connectivity index (χ1n) is 7.42. The van der Waals surface area contributed by atoms with Crippen molar-refractivity contribution in [2.24, 2.45) is 5.92 Å². The second kappa shape index (κ2) is 5.27. The van der Waals surface area contributed by atoms with Gasteiger partial charge in [0.15, 0.2) is 5.78 Å². The van der Waals surface area contributed by atoms with Gasteiger partial charge in [-0.1, -0.05) is 0 Å². The minimum absolute atomic E-state index is 0.0932. The molecule has 0 bridgehead atoms. The Hall–Kier alpha value is -0.960. The van der Waals surface area contributed by atoms with Crippen LogP contribution in [-0.4, -0.2) is 55.9 Å². The summed E-state index contributed by atoms with van der Waals surface area (Å²) in [5, 5.41) is 0. The van der Waals surface area contributed by atoms with Crippen molar-refractivity contribution < 1.29 is 36.9 Å². The molecule has 0 aromatic carbocycles. The molecule has 3 aliphatic rings. The Bertz CT molecular complexity index is 540. The SMILES string of the molecule is CO[C@@H]1C(=O)C=C(C)[C@]2(CO2)[C@H]1[C@@]1(C)O[C@@H]1CCOC(F)(F)F. The molecule has 0 N–H and O–H groups in total. The molecule has 2 heterocycles. The molecule has 130 valence electrons. The van der Waals surface area contributed by atoms with E-state index < -0.39 is 36.4 Å². The molecule has 0 aromatic heterocycles. The molecular formula is C15H19F3O5. The molecule has 0 amide bonds. The van der Waals surface area contributed by atoms with E-state index in [-0.39, 0.29) is 18.1 Å². The van der Waals surface area contributed by atoms with Crippen LogP contribution in [0.25, 0.3) is 0 Å². The third kappa shape index (κ3) is 2.82. The first-order chi connectivity index (χ1) is 10.6. The number of carbonyl (C=O) groups is 1. The number of ketones is 1. The lowest BCUT2D eigenvalue weighted by Gasteiger charge is -2.36. The van der Waals surface area contributed by atoms with E-state index in [2.05, 4.69) is 4.74 Å². The number of halogens is 3. The van der Waals surface area contributed by atoms with Gasteiger partial charge in [-0.15, -0.1) is 13.2 Å². The van der Waals surface area contributed by atoms with Crippen LogP contribution in [0, 0.1) is 5.92 Å². The van der Waals surface area contributed by atoms with Gasteiger partial charge in [-0.05, 0) is 25.5 Å². The van der Waals surface area contributed by atoms with Gasteiger partial charge in [0.25, 0.3) is 0 Å². The number of rotatable bonds is 5. The van der Waals surface area contributed by atoms with Gasteiger partial charge in [-0.3, -0.25) is 9.53 Å². The fourth-order valence-electron chi connectivity index (χ4n) is 3.75. The van der Waals surface area contributed by atoms with Crippen LogP contribution in [0.4, 0.5) is 13.2 Å². The fourth-order valence-corrected chi connectivity index (χ4v) is 3.75. The maximum atomic E-state index is 12.2. The summed E-state index contributed by atoms with van der Waals surface area (Å²) in [5.74, 6) is -0.550. The second-order valence-electron chi connectivity index (χ2n) is 6.42. The Morgan fingerprint density at radius 3 is 2.61 bits per heavy atom. The van der Waals surface area contributed by atoms with Gasteiger partial charge >= 0.3 is 6.36 Å². The van der Waals surface area contributed by atoms with E-state index in [0.29, 0.717) is 6.61 Å². The molecule has 3 rings (SSSR count). The second-order valence-corrected chi connectivity index (χ2v) is 6.42. The predicted octanol–water partition coefficient (Wildman–Crippen LogP) is 2.00. The van der Waals surface area contributed by atoms with E-state index in [4.69, 9.17) is 14.2 Å². The number of hydrogen-bond donors (Lipinski definition) is 0. The molecule has 2 aliphatic heterocycles. The molecule has 0 radical (unpaired) electrons. The van der Waals surface area contributed by atoms with Gasteiger partial charge in [-0.25, -0.2) is 0 Å². The van der Waals surface area contributed by atoms with Crippen LogP contribution in [0.5, 0.6) is 0 Å². The quantitative estimate of drug-likeness (QED) is 0.719. The number of epoxide rings is 2. The van der Waals surface area contributed by atoms with Crippen LogP contribution in [0.2, 0.25) is 0 Å². The summed E-state index contributed by atoms with van der Waals surface area (Å²) < 4.78 is 56.7. The van der Waals surface area contributed by atoms with Gasteiger partial charge in [0.2, 0.25) is 0 Å². The summed E-state index contributed by atoms with van der Waals surface area (Å²) in [7, 11) is 1.44. The predicted molar refractivity (Wildman–Crippen MR) is 71.6 cm³/mol.